The molecule has 214 valence electrons. The zero-order valence-electron chi connectivity index (χ0n) is 22.5. The molecule has 1 atom stereocenters. The zero-order valence-corrected chi connectivity index (χ0v) is 25.6. The summed E-state index contributed by atoms with van der Waals surface area (Å²) in [6.45, 7) is 5.36. The molecule has 0 bridgehead atoms. The van der Waals surface area contributed by atoms with Gasteiger partial charge in [0.2, 0.25) is 11.8 Å². The molecule has 3 rings (SSSR count). The maximum atomic E-state index is 14.1. The van der Waals surface area contributed by atoms with Crippen LogP contribution in [0.5, 0.6) is 0 Å². The van der Waals surface area contributed by atoms with Crippen LogP contribution in [-0.4, -0.2) is 44.3 Å². The molecule has 0 saturated heterocycles. The van der Waals surface area contributed by atoms with Gasteiger partial charge in [-0.25, -0.2) is 8.42 Å². The SMILES string of the molecule is CCCNC(=O)C(CC)N(Cc1ccc(Cl)cc1Cl)C(=O)CN(c1ccc(C)c(Cl)c1)S(=O)(=O)c1ccccc1. The first-order valence-corrected chi connectivity index (χ1v) is 15.4. The first kappa shape index (κ1) is 31.7. The molecule has 7 nitrogen and oxygen atoms in total. The number of nitrogens with zero attached hydrogens (tertiary/aromatic N) is 2. The number of nitrogens with one attached hydrogen (secondary N) is 1. The van der Waals surface area contributed by atoms with Gasteiger partial charge < -0.3 is 10.2 Å². The molecule has 40 heavy (non-hydrogen) atoms. The minimum atomic E-state index is -4.18. The summed E-state index contributed by atoms with van der Waals surface area (Å²) in [6.07, 6.45) is 1.02. The van der Waals surface area contributed by atoms with Crippen LogP contribution in [-0.2, 0) is 26.2 Å². The monoisotopic (exact) mass is 623 g/mol. The van der Waals surface area contributed by atoms with Gasteiger partial charge in [-0.15, -0.1) is 0 Å². The summed E-state index contributed by atoms with van der Waals surface area (Å²) in [4.78, 5) is 28.6. The van der Waals surface area contributed by atoms with Crippen LogP contribution in [0.25, 0.3) is 0 Å². The number of hydrogen-bond donors (Lipinski definition) is 1. The highest BCUT2D eigenvalue weighted by Crippen LogP contribution is 2.29. The van der Waals surface area contributed by atoms with E-state index in [9.17, 15) is 18.0 Å². The molecule has 0 aliphatic rings. The Morgan fingerprint density at radius 3 is 2.23 bits per heavy atom. The standard InChI is InChI=1S/C29H32Cl3N3O4S/c1-4-15-33-29(37)27(5-2)34(18-21-12-13-22(30)16-26(21)32)28(36)19-35(23-14-11-20(3)25(31)17-23)40(38,39)24-9-7-6-8-10-24/h6-14,16-17,27H,4-5,15,18-19H2,1-3H3,(H,33,37). The number of rotatable bonds is 12. The number of carbonyl (C=O) groups is 2. The van der Waals surface area contributed by atoms with Crippen molar-refractivity contribution >= 4 is 62.3 Å². The van der Waals surface area contributed by atoms with Crippen molar-refractivity contribution in [1.29, 1.82) is 0 Å². The van der Waals surface area contributed by atoms with Crippen LogP contribution in [0.15, 0.2) is 71.6 Å². The highest BCUT2D eigenvalue weighted by atomic mass is 35.5. The molecule has 0 aliphatic heterocycles. The number of carbonyl (C=O) groups excluding carboxylic acids is 2. The number of aryl methyl sites for hydroxylation is 1. The molecule has 0 aromatic heterocycles. The fourth-order valence-electron chi connectivity index (χ4n) is 4.10. The van der Waals surface area contributed by atoms with E-state index in [1.165, 1.54) is 23.1 Å². The molecule has 1 unspecified atom stereocenters. The van der Waals surface area contributed by atoms with Crippen molar-refractivity contribution in [1.82, 2.24) is 10.2 Å². The van der Waals surface area contributed by atoms with Crippen LogP contribution in [0.2, 0.25) is 15.1 Å². The van der Waals surface area contributed by atoms with Crippen molar-refractivity contribution in [3.05, 3.63) is 92.9 Å². The minimum absolute atomic E-state index is 0.0134. The Bertz CT molecular complexity index is 1450. The molecule has 3 aromatic carbocycles. The van der Waals surface area contributed by atoms with Gasteiger partial charge in [0.05, 0.1) is 10.6 Å². The Morgan fingerprint density at radius 1 is 0.925 bits per heavy atom. The molecular formula is C29H32Cl3N3O4S. The second kappa shape index (κ2) is 14.2. The number of amides is 2. The Hall–Kier alpha value is -2.78. The van der Waals surface area contributed by atoms with Gasteiger partial charge in [0.15, 0.2) is 0 Å². The molecule has 11 heteroatoms. The first-order valence-electron chi connectivity index (χ1n) is 12.8. The first-order chi connectivity index (χ1) is 19.0. The van der Waals surface area contributed by atoms with Crippen molar-refractivity contribution in [2.75, 3.05) is 17.4 Å². The molecule has 3 aromatic rings. The Morgan fingerprint density at radius 2 is 1.62 bits per heavy atom. The summed E-state index contributed by atoms with van der Waals surface area (Å²) in [6, 6.07) is 16.6. The fraction of sp³-hybridized carbons (Fsp3) is 0.310. The summed E-state index contributed by atoms with van der Waals surface area (Å²) in [7, 11) is -4.18. The highest BCUT2D eigenvalue weighted by Gasteiger charge is 2.34. The third kappa shape index (κ3) is 7.69. The molecule has 0 heterocycles. The number of hydrogen-bond acceptors (Lipinski definition) is 4. The molecular weight excluding hydrogens is 593 g/mol. The van der Waals surface area contributed by atoms with E-state index in [2.05, 4.69) is 5.32 Å². The van der Waals surface area contributed by atoms with Crippen molar-refractivity contribution in [3.8, 4) is 0 Å². The van der Waals surface area contributed by atoms with Crippen LogP contribution in [0.4, 0.5) is 5.69 Å². The minimum Gasteiger partial charge on any atom is -0.354 e. The zero-order chi connectivity index (χ0) is 29.4. The van der Waals surface area contributed by atoms with Gasteiger partial charge in [-0.2, -0.15) is 0 Å². The van der Waals surface area contributed by atoms with Gasteiger partial charge in [-0.1, -0.05) is 79.0 Å². The van der Waals surface area contributed by atoms with Crippen molar-refractivity contribution in [2.45, 2.75) is 51.1 Å². The molecule has 0 spiro atoms. The normalized spacial score (nSPS) is 12.1. The van der Waals surface area contributed by atoms with E-state index < -0.39 is 28.5 Å². The fourth-order valence-corrected chi connectivity index (χ4v) is 6.17. The van der Waals surface area contributed by atoms with Crippen molar-refractivity contribution < 1.29 is 18.0 Å². The average Bonchev–Trinajstić information content (AvgIpc) is 2.93. The Balaban J connectivity index is 2.08. The van der Waals surface area contributed by atoms with Gasteiger partial charge in [-0.05, 0) is 67.3 Å². The third-order valence-corrected chi connectivity index (χ3v) is 9.13. The average molecular weight is 625 g/mol. The summed E-state index contributed by atoms with van der Waals surface area (Å²) in [5, 5.41) is 3.96. The predicted octanol–water partition coefficient (Wildman–Crippen LogP) is 6.48. The van der Waals surface area contributed by atoms with Crippen LogP contribution in [0.3, 0.4) is 0 Å². The molecule has 0 radical (unpaired) electrons. The number of anilines is 1. The molecule has 0 fully saturated rings. The lowest BCUT2D eigenvalue weighted by molar-refractivity contribution is -0.140. The summed E-state index contributed by atoms with van der Waals surface area (Å²) >= 11 is 18.9. The number of benzene rings is 3. The predicted molar refractivity (Wildman–Crippen MR) is 162 cm³/mol. The molecule has 2 amide bonds. The van der Waals surface area contributed by atoms with E-state index in [1.807, 2.05) is 6.92 Å². The van der Waals surface area contributed by atoms with E-state index in [0.717, 1.165) is 16.3 Å². The van der Waals surface area contributed by atoms with Crippen molar-refractivity contribution in [3.63, 3.8) is 0 Å². The van der Waals surface area contributed by atoms with E-state index in [1.54, 1.807) is 62.4 Å². The second-order valence-corrected chi connectivity index (χ2v) is 12.3. The molecule has 1 N–H and O–H groups in total. The topological polar surface area (TPSA) is 86.8 Å². The molecule has 0 aliphatic carbocycles. The lowest BCUT2D eigenvalue weighted by atomic mass is 10.1. The van der Waals surface area contributed by atoms with E-state index >= 15 is 0 Å². The maximum absolute atomic E-state index is 14.1. The van der Waals surface area contributed by atoms with Crippen LogP contribution < -0.4 is 9.62 Å². The summed E-state index contributed by atoms with van der Waals surface area (Å²) < 4.78 is 28.7. The molecule has 0 saturated carbocycles. The van der Waals surface area contributed by atoms with Gasteiger partial charge in [-0.3, -0.25) is 13.9 Å². The summed E-state index contributed by atoms with van der Waals surface area (Å²) in [5.41, 5.74) is 1.55. The maximum Gasteiger partial charge on any atom is 0.264 e. The van der Waals surface area contributed by atoms with Gasteiger partial charge >= 0.3 is 0 Å². The van der Waals surface area contributed by atoms with E-state index in [-0.39, 0.29) is 23.0 Å². The van der Waals surface area contributed by atoms with Crippen LogP contribution in [0, 0.1) is 6.92 Å². The number of sulfonamides is 1. The van der Waals surface area contributed by atoms with Gasteiger partial charge in [0.25, 0.3) is 10.0 Å². The highest BCUT2D eigenvalue weighted by molar-refractivity contribution is 7.92. The second-order valence-electron chi connectivity index (χ2n) is 9.23. The van der Waals surface area contributed by atoms with Gasteiger partial charge in [0, 0.05) is 28.2 Å². The van der Waals surface area contributed by atoms with Crippen molar-refractivity contribution in [2.24, 2.45) is 0 Å². The Kier molecular flexibility index (Phi) is 11.3. The Labute approximate surface area is 251 Å². The quantitative estimate of drug-likeness (QED) is 0.250. The van der Waals surface area contributed by atoms with Gasteiger partial charge in [0.1, 0.15) is 12.6 Å². The third-order valence-electron chi connectivity index (χ3n) is 6.34. The summed E-state index contributed by atoms with van der Waals surface area (Å²) in [5.74, 6) is -0.917. The smallest absolute Gasteiger partial charge is 0.264 e. The lowest BCUT2D eigenvalue weighted by Crippen LogP contribution is -2.52. The van der Waals surface area contributed by atoms with Crippen LogP contribution >= 0.6 is 34.8 Å². The van der Waals surface area contributed by atoms with E-state index in [4.69, 9.17) is 34.8 Å². The van der Waals surface area contributed by atoms with E-state index in [0.29, 0.717) is 33.6 Å². The number of halogens is 3. The largest absolute Gasteiger partial charge is 0.354 e. The van der Waals surface area contributed by atoms with Crippen LogP contribution in [0.1, 0.15) is 37.8 Å². The lowest BCUT2D eigenvalue weighted by Gasteiger charge is -2.33.